The fraction of sp³-hybridized carbons (Fsp3) is 0.471. The number of hydrogen-bond acceptors (Lipinski definition) is 4. The summed E-state index contributed by atoms with van der Waals surface area (Å²) in [6.07, 6.45) is -3.13. The summed E-state index contributed by atoms with van der Waals surface area (Å²) in [6.45, 7) is 3.76. The van der Waals surface area contributed by atoms with Crippen molar-refractivity contribution in [1.29, 1.82) is 0 Å². The number of hydrogen-bond donors (Lipinski definition) is 1. The minimum Gasteiger partial charge on any atom is -0.369 e. The van der Waals surface area contributed by atoms with Gasteiger partial charge in [0.25, 0.3) is 5.91 Å². The van der Waals surface area contributed by atoms with Crippen LogP contribution in [0.5, 0.6) is 0 Å². The van der Waals surface area contributed by atoms with E-state index in [4.69, 9.17) is 4.74 Å². The van der Waals surface area contributed by atoms with Crippen molar-refractivity contribution in [3.05, 3.63) is 46.5 Å². The molecule has 9 heteroatoms. The molecule has 1 amide bonds. The van der Waals surface area contributed by atoms with E-state index in [0.717, 1.165) is 23.5 Å². The topological polar surface area (TPSA) is 69.0 Å². The van der Waals surface area contributed by atoms with Gasteiger partial charge in [-0.15, -0.1) is 0 Å². The molecule has 0 unspecified atom stereocenters. The van der Waals surface area contributed by atoms with Gasteiger partial charge in [-0.1, -0.05) is 0 Å². The zero-order valence-corrected chi connectivity index (χ0v) is 14.6. The van der Waals surface area contributed by atoms with Crippen LogP contribution in [0.4, 0.5) is 13.2 Å². The Kier molecular flexibility index (Phi) is 4.74. The molecule has 3 heterocycles. The Morgan fingerprint density at radius 1 is 1.42 bits per heavy atom. The molecule has 0 aromatic carbocycles. The summed E-state index contributed by atoms with van der Waals surface area (Å²) in [7, 11) is 1.67. The fourth-order valence-electron chi connectivity index (χ4n) is 3.15. The highest BCUT2D eigenvalue weighted by molar-refractivity contribution is 5.94. The largest absolute Gasteiger partial charge is 0.433 e. The Hall–Kier alpha value is -2.42. The van der Waals surface area contributed by atoms with Gasteiger partial charge in [0.05, 0.1) is 17.9 Å². The molecular formula is C17H19F3N4O2. The van der Waals surface area contributed by atoms with Gasteiger partial charge >= 0.3 is 6.18 Å². The van der Waals surface area contributed by atoms with Gasteiger partial charge in [0.2, 0.25) is 0 Å². The highest BCUT2D eigenvalue weighted by Crippen LogP contribution is 2.31. The van der Waals surface area contributed by atoms with Crippen molar-refractivity contribution in [2.45, 2.75) is 45.2 Å². The third-order valence-corrected chi connectivity index (χ3v) is 4.27. The van der Waals surface area contributed by atoms with Crippen LogP contribution < -0.4 is 5.32 Å². The van der Waals surface area contributed by atoms with E-state index in [0.29, 0.717) is 17.7 Å². The zero-order chi connectivity index (χ0) is 19.1. The Balaban J connectivity index is 1.78. The second-order valence-corrected chi connectivity index (χ2v) is 6.36. The Bertz CT molecular complexity index is 832. The van der Waals surface area contributed by atoms with Crippen LogP contribution in [0, 0.1) is 0 Å². The van der Waals surface area contributed by atoms with E-state index in [-0.39, 0.29) is 24.7 Å². The number of amides is 1. The summed E-state index contributed by atoms with van der Waals surface area (Å²) >= 11 is 0. The second-order valence-electron chi connectivity index (χ2n) is 6.36. The number of fused-ring (bicyclic) bond motifs is 1. The SMILES string of the molecule is C[C@@H]1Cc2c(nn(C)c2C(=O)NCc2ccnc(C(F)(F)F)c2)[C@H](C)O1. The first-order valence-electron chi connectivity index (χ1n) is 8.18. The molecule has 26 heavy (non-hydrogen) atoms. The van der Waals surface area contributed by atoms with E-state index in [1.807, 2.05) is 13.8 Å². The lowest BCUT2D eigenvalue weighted by atomic mass is 9.99. The van der Waals surface area contributed by atoms with Crippen molar-refractivity contribution in [2.24, 2.45) is 7.05 Å². The fourth-order valence-corrected chi connectivity index (χ4v) is 3.15. The molecular weight excluding hydrogens is 349 g/mol. The van der Waals surface area contributed by atoms with Gasteiger partial charge in [-0.2, -0.15) is 18.3 Å². The Labute approximate surface area is 148 Å². The first-order chi connectivity index (χ1) is 12.2. The van der Waals surface area contributed by atoms with Gasteiger partial charge in [-0.05, 0) is 31.5 Å². The molecule has 1 aliphatic heterocycles. The van der Waals surface area contributed by atoms with E-state index in [1.165, 1.54) is 10.7 Å². The van der Waals surface area contributed by atoms with Gasteiger partial charge in [-0.3, -0.25) is 14.5 Å². The summed E-state index contributed by atoms with van der Waals surface area (Å²) in [6, 6.07) is 2.36. The number of carbonyl (C=O) groups is 1. The number of halogens is 3. The summed E-state index contributed by atoms with van der Waals surface area (Å²) in [5.74, 6) is -0.382. The first kappa shape index (κ1) is 18.4. The minimum absolute atomic E-state index is 0.0357. The number of aromatic nitrogens is 3. The normalized spacial score (nSPS) is 19.9. The van der Waals surface area contributed by atoms with Crippen molar-refractivity contribution >= 4 is 5.91 Å². The summed E-state index contributed by atoms with van der Waals surface area (Å²) in [5, 5.41) is 7.03. The van der Waals surface area contributed by atoms with Crippen molar-refractivity contribution in [3.8, 4) is 0 Å². The molecule has 0 saturated heterocycles. The number of ether oxygens (including phenoxy) is 1. The minimum atomic E-state index is -4.52. The number of nitrogens with one attached hydrogen (secondary N) is 1. The lowest BCUT2D eigenvalue weighted by Gasteiger charge is -2.24. The van der Waals surface area contributed by atoms with E-state index >= 15 is 0 Å². The van der Waals surface area contributed by atoms with Crippen LogP contribution in [0.15, 0.2) is 18.3 Å². The van der Waals surface area contributed by atoms with E-state index in [9.17, 15) is 18.0 Å². The van der Waals surface area contributed by atoms with Crippen molar-refractivity contribution in [2.75, 3.05) is 0 Å². The third kappa shape index (κ3) is 3.57. The van der Waals surface area contributed by atoms with Gasteiger partial charge in [0.1, 0.15) is 11.4 Å². The number of alkyl halides is 3. The maximum atomic E-state index is 12.7. The summed E-state index contributed by atoms with van der Waals surface area (Å²) in [4.78, 5) is 15.9. The standard InChI is InChI=1S/C17H19F3N4O2/c1-9-6-12-14(10(2)26-9)23-24(3)15(12)16(25)22-8-11-4-5-21-13(7-11)17(18,19)20/h4-5,7,9-10H,6,8H2,1-3H3,(H,22,25)/t9-,10+/m1/s1. The molecule has 0 aliphatic carbocycles. The summed E-state index contributed by atoms with van der Waals surface area (Å²) < 4.78 is 45.4. The average Bonchev–Trinajstić information content (AvgIpc) is 2.88. The van der Waals surface area contributed by atoms with E-state index < -0.39 is 11.9 Å². The van der Waals surface area contributed by atoms with E-state index in [1.54, 1.807) is 7.05 Å². The maximum Gasteiger partial charge on any atom is 0.433 e. The molecule has 0 spiro atoms. The predicted molar refractivity (Wildman–Crippen MR) is 86.3 cm³/mol. The lowest BCUT2D eigenvalue weighted by molar-refractivity contribution is -0.141. The quantitative estimate of drug-likeness (QED) is 0.905. The summed E-state index contributed by atoms with van der Waals surface area (Å²) in [5.41, 5.74) is 1.29. The van der Waals surface area contributed by atoms with Gasteiger partial charge < -0.3 is 10.1 Å². The van der Waals surface area contributed by atoms with Gasteiger partial charge in [0.15, 0.2) is 0 Å². The van der Waals surface area contributed by atoms with Crippen LogP contribution in [0.25, 0.3) is 0 Å². The van der Waals surface area contributed by atoms with Crippen LogP contribution in [0.1, 0.15) is 53.0 Å². The van der Waals surface area contributed by atoms with Gasteiger partial charge in [0, 0.05) is 31.8 Å². The first-order valence-corrected chi connectivity index (χ1v) is 8.18. The second kappa shape index (κ2) is 6.71. The molecule has 2 aromatic rings. The van der Waals surface area contributed by atoms with Crippen LogP contribution in [-0.2, 0) is 30.9 Å². The zero-order valence-electron chi connectivity index (χ0n) is 14.6. The van der Waals surface area contributed by atoms with Gasteiger partial charge in [-0.25, -0.2) is 0 Å². The average molecular weight is 368 g/mol. The van der Waals surface area contributed by atoms with Crippen molar-refractivity contribution in [1.82, 2.24) is 20.1 Å². The number of aryl methyl sites for hydroxylation is 1. The highest BCUT2D eigenvalue weighted by atomic mass is 19.4. The maximum absolute atomic E-state index is 12.7. The molecule has 0 fully saturated rings. The number of carbonyl (C=O) groups excluding carboxylic acids is 1. The molecule has 0 bridgehead atoms. The molecule has 1 N–H and O–H groups in total. The van der Waals surface area contributed by atoms with E-state index in [2.05, 4.69) is 15.4 Å². The molecule has 140 valence electrons. The molecule has 1 aliphatic rings. The monoisotopic (exact) mass is 368 g/mol. The predicted octanol–water partition coefficient (Wildman–Crippen LogP) is 2.79. The number of pyridine rings is 1. The lowest BCUT2D eigenvalue weighted by Crippen LogP contribution is -2.28. The van der Waals surface area contributed by atoms with Crippen LogP contribution in [0.3, 0.4) is 0 Å². The van der Waals surface area contributed by atoms with Crippen LogP contribution >= 0.6 is 0 Å². The molecule has 2 atom stereocenters. The van der Waals surface area contributed by atoms with Crippen LogP contribution in [0.2, 0.25) is 0 Å². The Morgan fingerprint density at radius 3 is 2.85 bits per heavy atom. The van der Waals surface area contributed by atoms with Crippen molar-refractivity contribution in [3.63, 3.8) is 0 Å². The number of nitrogens with zero attached hydrogens (tertiary/aromatic N) is 3. The molecule has 3 rings (SSSR count). The smallest absolute Gasteiger partial charge is 0.369 e. The van der Waals surface area contributed by atoms with Crippen molar-refractivity contribution < 1.29 is 22.7 Å². The molecule has 6 nitrogen and oxygen atoms in total. The Morgan fingerprint density at radius 2 is 2.15 bits per heavy atom. The number of rotatable bonds is 3. The third-order valence-electron chi connectivity index (χ3n) is 4.27. The molecule has 0 saturated carbocycles. The van der Waals surface area contributed by atoms with Crippen LogP contribution in [-0.4, -0.2) is 26.8 Å². The highest BCUT2D eigenvalue weighted by Gasteiger charge is 2.33. The molecule has 2 aromatic heterocycles. The molecule has 0 radical (unpaired) electrons.